The van der Waals surface area contributed by atoms with Gasteiger partial charge in [-0.15, -0.1) is 0 Å². The second-order valence-corrected chi connectivity index (χ2v) is 7.41. The Morgan fingerprint density at radius 2 is 0.792 bits per heavy atom. The van der Waals surface area contributed by atoms with E-state index in [1.54, 1.807) is 0 Å². The molecule has 0 bridgehead atoms. The molecule has 2 nitrogen and oxygen atoms in total. The first-order valence-electron chi connectivity index (χ1n) is 11.2. The molecule has 0 aromatic heterocycles. The first kappa shape index (κ1) is 23.9. The van der Waals surface area contributed by atoms with Crippen LogP contribution in [0, 0.1) is 0 Å². The van der Waals surface area contributed by atoms with Gasteiger partial charge in [-0.25, -0.2) is 0 Å². The maximum Gasteiger partial charge on any atom is 0.0588 e. The Bertz CT molecular complexity index is 186. The van der Waals surface area contributed by atoms with E-state index in [2.05, 4.69) is 6.92 Å². The predicted molar refractivity (Wildman–Crippen MR) is 109 cm³/mol. The lowest BCUT2D eigenvalue weighted by atomic mass is 10.0. The lowest BCUT2D eigenvalue weighted by molar-refractivity contribution is 0.137. The van der Waals surface area contributed by atoms with Crippen molar-refractivity contribution in [1.82, 2.24) is 0 Å². The van der Waals surface area contributed by atoms with Crippen molar-refractivity contribution in [2.24, 2.45) is 5.73 Å². The van der Waals surface area contributed by atoms with Crippen molar-refractivity contribution in [2.45, 2.75) is 122 Å². The van der Waals surface area contributed by atoms with Gasteiger partial charge in [0, 0.05) is 13.2 Å². The summed E-state index contributed by atoms with van der Waals surface area (Å²) in [6.45, 7) is 4.56. The number of hydrogen-bond donors (Lipinski definition) is 1. The minimum Gasteiger partial charge on any atom is -0.380 e. The molecule has 0 aliphatic rings. The number of hydrogen-bond acceptors (Lipinski definition) is 2. The molecule has 0 saturated heterocycles. The smallest absolute Gasteiger partial charge is 0.0588 e. The Kier molecular flexibility index (Phi) is 22.8. The lowest BCUT2D eigenvalue weighted by Crippen LogP contribution is -2.08. The molecule has 2 heteroatoms. The third kappa shape index (κ3) is 21.9. The molecule has 0 amide bonds. The van der Waals surface area contributed by atoms with Crippen LogP contribution in [0.4, 0.5) is 0 Å². The van der Waals surface area contributed by atoms with Crippen molar-refractivity contribution >= 4 is 0 Å². The molecule has 0 aliphatic carbocycles. The molecule has 0 fully saturated rings. The average molecular weight is 342 g/mol. The Morgan fingerprint density at radius 3 is 1.12 bits per heavy atom. The molecule has 0 heterocycles. The van der Waals surface area contributed by atoms with Crippen LogP contribution in [0.3, 0.4) is 0 Å². The highest BCUT2D eigenvalue weighted by molar-refractivity contribution is 4.50. The van der Waals surface area contributed by atoms with Crippen LogP contribution in [-0.2, 0) is 4.74 Å². The second-order valence-electron chi connectivity index (χ2n) is 7.41. The third-order valence-electron chi connectivity index (χ3n) is 4.90. The average Bonchev–Trinajstić information content (AvgIpc) is 2.60. The Labute approximate surface area is 153 Å². The molecular weight excluding hydrogens is 294 g/mol. The van der Waals surface area contributed by atoms with E-state index in [1.165, 1.54) is 116 Å². The molecule has 0 aromatic rings. The quantitative estimate of drug-likeness (QED) is 0.228. The summed E-state index contributed by atoms with van der Waals surface area (Å²) in [5.41, 5.74) is 5.38. The van der Waals surface area contributed by atoms with E-state index in [1.807, 2.05) is 0 Å². The normalized spacial score (nSPS) is 11.2. The van der Waals surface area contributed by atoms with E-state index in [9.17, 15) is 0 Å². The van der Waals surface area contributed by atoms with E-state index in [4.69, 9.17) is 10.5 Å². The highest BCUT2D eigenvalue weighted by Gasteiger charge is 1.95. The van der Waals surface area contributed by atoms with Crippen LogP contribution in [0.25, 0.3) is 0 Å². The zero-order chi connectivity index (χ0) is 17.6. The number of ether oxygens (including phenoxy) is 1. The zero-order valence-corrected chi connectivity index (χ0v) is 16.8. The largest absolute Gasteiger partial charge is 0.380 e. The van der Waals surface area contributed by atoms with Crippen LogP contribution < -0.4 is 5.73 Å². The van der Waals surface area contributed by atoms with Gasteiger partial charge in [0.05, 0.1) is 6.61 Å². The van der Waals surface area contributed by atoms with Gasteiger partial charge in [0.15, 0.2) is 0 Å². The van der Waals surface area contributed by atoms with Gasteiger partial charge in [0.25, 0.3) is 0 Å². The zero-order valence-electron chi connectivity index (χ0n) is 16.8. The summed E-state index contributed by atoms with van der Waals surface area (Å²) in [6, 6.07) is 0. The van der Waals surface area contributed by atoms with Crippen LogP contribution in [0.15, 0.2) is 0 Å². The van der Waals surface area contributed by atoms with Crippen molar-refractivity contribution in [3.05, 3.63) is 0 Å². The summed E-state index contributed by atoms with van der Waals surface area (Å²) < 4.78 is 5.39. The number of rotatable bonds is 21. The topological polar surface area (TPSA) is 35.2 Å². The van der Waals surface area contributed by atoms with Crippen molar-refractivity contribution in [3.8, 4) is 0 Å². The summed E-state index contributed by atoms with van der Waals surface area (Å²) in [6.07, 6.45) is 25.7. The van der Waals surface area contributed by atoms with Crippen molar-refractivity contribution in [3.63, 3.8) is 0 Å². The maximum absolute atomic E-state index is 5.39. The lowest BCUT2D eigenvalue weighted by Gasteiger charge is -2.04. The minimum atomic E-state index is 0.652. The predicted octanol–water partition coefficient (Wildman–Crippen LogP) is 7.00. The molecule has 146 valence electrons. The Morgan fingerprint density at radius 1 is 0.458 bits per heavy atom. The van der Waals surface area contributed by atoms with E-state index in [-0.39, 0.29) is 0 Å². The van der Waals surface area contributed by atoms with Gasteiger partial charge in [-0.1, -0.05) is 116 Å². The fraction of sp³-hybridized carbons (Fsp3) is 1.00. The Balaban J connectivity index is 2.93. The van der Waals surface area contributed by atoms with Gasteiger partial charge in [0.2, 0.25) is 0 Å². The van der Waals surface area contributed by atoms with E-state index in [0.717, 1.165) is 13.2 Å². The first-order valence-corrected chi connectivity index (χ1v) is 11.2. The number of unbranched alkanes of at least 4 members (excludes halogenated alkanes) is 17. The second kappa shape index (κ2) is 22.9. The van der Waals surface area contributed by atoms with Crippen LogP contribution in [0.2, 0.25) is 0 Å². The van der Waals surface area contributed by atoms with E-state index < -0.39 is 0 Å². The van der Waals surface area contributed by atoms with Crippen LogP contribution in [0.5, 0.6) is 0 Å². The highest BCUT2D eigenvalue weighted by atomic mass is 16.5. The van der Waals surface area contributed by atoms with Crippen LogP contribution in [0.1, 0.15) is 122 Å². The number of nitrogens with two attached hydrogens (primary N) is 1. The van der Waals surface area contributed by atoms with E-state index >= 15 is 0 Å². The van der Waals surface area contributed by atoms with Gasteiger partial charge in [-0.05, 0) is 6.42 Å². The molecule has 0 aliphatic heterocycles. The molecule has 0 atom stereocenters. The maximum atomic E-state index is 5.39. The molecular formula is C22H47NO. The SMILES string of the molecule is CCCCCCCCCCCCCCCCCCCCOCCN. The van der Waals surface area contributed by atoms with Gasteiger partial charge >= 0.3 is 0 Å². The highest BCUT2D eigenvalue weighted by Crippen LogP contribution is 2.14. The van der Waals surface area contributed by atoms with Gasteiger partial charge in [-0.2, -0.15) is 0 Å². The molecule has 24 heavy (non-hydrogen) atoms. The van der Waals surface area contributed by atoms with Crippen LogP contribution in [-0.4, -0.2) is 19.8 Å². The standard InChI is InChI=1S/C22H47NO/c1-2-3-4-5-6-7-8-9-10-11-12-13-14-15-16-17-18-19-21-24-22-20-23/h2-23H2,1H3. The minimum absolute atomic E-state index is 0.652. The summed E-state index contributed by atoms with van der Waals surface area (Å²) in [5.74, 6) is 0. The van der Waals surface area contributed by atoms with Gasteiger partial charge in [0.1, 0.15) is 0 Å². The van der Waals surface area contributed by atoms with E-state index in [0.29, 0.717) is 6.54 Å². The van der Waals surface area contributed by atoms with Crippen molar-refractivity contribution < 1.29 is 4.74 Å². The summed E-state index contributed by atoms with van der Waals surface area (Å²) in [7, 11) is 0. The molecule has 0 aromatic carbocycles. The summed E-state index contributed by atoms with van der Waals surface area (Å²) in [5, 5.41) is 0. The molecule has 0 rings (SSSR count). The monoisotopic (exact) mass is 341 g/mol. The fourth-order valence-electron chi connectivity index (χ4n) is 3.29. The van der Waals surface area contributed by atoms with Crippen molar-refractivity contribution in [1.29, 1.82) is 0 Å². The molecule has 0 saturated carbocycles. The molecule has 2 N–H and O–H groups in total. The first-order chi connectivity index (χ1) is 11.9. The van der Waals surface area contributed by atoms with Crippen molar-refractivity contribution in [2.75, 3.05) is 19.8 Å². The van der Waals surface area contributed by atoms with Gasteiger partial charge in [-0.3, -0.25) is 0 Å². The summed E-state index contributed by atoms with van der Waals surface area (Å²) >= 11 is 0. The molecule has 0 radical (unpaired) electrons. The summed E-state index contributed by atoms with van der Waals surface area (Å²) in [4.78, 5) is 0. The van der Waals surface area contributed by atoms with Gasteiger partial charge < -0.3 is 10.5 Å². The fourth-order valence-corrected chi connectivity index (χ4v) is 3.29. The molecule has 0 unspecified atom stereocenters. The third-order valence-corrected chi connectivity index (χ3v) is 4.90. The molecule has 0 spiro atoms. The Hall–Kier alpha value is -0.0800. The van der Waals surface area contributed by atoms with Crippen LogP contribution >= 0.6 is 0 Å².